The number of nitrogens with zero attached hydrogens (tertiary/aromatic N) is 5. The summed E-state index contributed by atoms with van der Waals surface area (Å²) in [5.74, 6) is 0.685. The molecule has 3 heterocycles. The number of amides is 3. The van der Waals surface area contributed by atoms with Gasteiger partial charge in [-0.1, -0.05) is 17.3 Å². The van der Waals surface area contributed by atoms with Gasteiger partial charge in [-0.2, -0.15) is 11.8 Å². The van der Waals surface area contributed by atoms with Crippen LogP contribution in [0.25, 0.3) is 0 Å². The summed E-state index contributed by atoms with van der Waals surface area (Å²) in [6, 6.07) is 8.40. The zero-order valence-corrected chi connectivity index (χ0v) is 24.4. The lowest BCUT2D eigenvalue weighted by Gasteiger charge is -2.23. The number of carbonyl (C=O) groups excluding carboxylic acids is 3. The van der Waals surface area contributed by atoms with Gasteiger partial charge >= 0.3 is 0 Å². The highest BCUT2D eigenvalue weighted by Crippen LogP contribution is 2.18. The number of aromatic nitrogens is 4. The Labute approximate surface area is 244 Å². The number of rotatable bonds is 5. The Balaban J connectivity index is 1.51. The molecule has 0 saturated heterocycles. The van der Waals surface area contributed by atoms with Crippen molar-refractivity contribution in [2.24, 2.45) is 0 Å². The topological polar surface area (TPSA) is 131 Å². The first-order chi connectivity index (χ1) is 19.9. The number of hydrogen-bond donors (Lipinski definition) is 2. The van der Waals surface area contributed by atoms with E-state index in [2.05, 4.69) is 25.9 Å². The van der Waals surface area contributed by atoms with Gasteiger partial charge in [-0.05, 0) is 61.1 Å². The monoisotopic (exact) mass is 579 g/mol. The molecule has 11 nitrogen and oxygen atoms in total. The molecule has 0 spiro atoms. The van der Waals surface area contributed by atoms with Gasteiger partial charge in [-0.15, -0.1) is 5.10 Å². The van der Waals surface area contributed by atoms with Crippen molar-refractivity contribution in [3.05, 3.63) is 71.3 Å². The second kappa shape index (κ2) is 15.2. The standard InChI is InChI=1S/C29H37N7O4S/c1-21-7-8-24-17-25(21)28(38)32-26(9-15-41-2)29(39)31-11-4-12-35(27(37)16-22-6-3-10-30-18-22)19-23-20-36(34-33-23)13-5-14-40-24/h3,6-8,10,17-18,20,26H,4-5,9,11-16,19H2,1-2H3,(H,31,39)(H,32,38)/t26-/m0/s1. The van der Waals surface area contributed by atoms with E-state index < -0.39 is 6.04 Å². The number of fused-ring (bicyclic) bond motifs is 4. The highest BCUT2D eigenvalue weighted by molar-refractivity contribution is 7.98. The minimum atomic E-state index is -0.678. The zero-order valence-electron chi connectivity index (χ0n) is 23.5. The summed E-state index contributed by atoms with van der Waals surface area (Å²) >= 11 is 1.61. The van der Waals surface area contributed by atoms with E-state index in [0.717, 1.165) is 16.9 Å². The highest BCUT2D eigenvalue weighted by atomic mass is 32.2. The van der Waals surface area contributed by atoms with Crippen molar-refractivity contribution in [2.75, 3.05) is 31.7 Å². The molecule has 2 N–H and O–H groups in total. The van der Waals surface area contributed by atoms with Gasteiger partial charge in [0.05, 0.1) is 25.8 Å². The van der Waals surface area contributed by atoms with Crippen molar-refractivity contribution in [2.45, 2.75) is 51.7 Å². The smallest absolute Gasteiger partial charge is 0.252 e. The fourth-order valence-electron chi connectivity index (χ4n) is 4.49. The summed E-state index contributed by atoms with van der Waals surface area (Å²) < 4.78 is 7.66. The highest BCUT2D eigenvalue weighted by Gasteiger charge is 2.23. The van der Waals surface area contributed by atoms with Crippen LogP contribution >= 0.6 is 11.8 Å². The second-order valence-corrected chi connectivity index (χ2v) is 10.9. The lowest BCUT2D eigenvalue weighted by molar-refractivity contribution is -0.131. The molecule has 0 saturated carbocycles. The summed E-state index contributed by atoms with van der Waals surface area (Å²) in [5, 5.41) is 14.4. The van der Waals surface area contributed by atoms with Gasteiger partial charge in [-0.3, -0.25) is 24.0 Å². The van der Waals surface area contributed by atoms with Crippen LogP contribution in [0.3, 0.4) is 0 Å². The van der Waals surface area contributed by atoms with Crippen molar-refractivity contribution >= 4 is 29.5 Å². The molecule has 4 rings (SSSR count). The average Bonchev–Trinajstić information content (AvgIpc) is 3.42. The Morgan fingerprint density at radius 1 is 1.20 bits per heavy atom. The minimum Gasteiger partial charge on any atom is -0.494 e. The predicted octanol–water partition coefficient (Wildman–Crippen LogP) is 2.39. The maximum Gasteiger partial charge on any atom is 0.252 e. The van der Waals surface area contributed by atoms with Crippen LogP contribution in [-0.2, 0) is 29.1 Å². The summed E-state index contributed by atoms with van der Waals surface area (Å²) in [5.41, 5.74) is 2.79. The van der Waals surface area contributed by atoms with Gasteiger partial charge < -0.3 is 20.3 Å². The van der Waals surface area contributed by atoms with E-state index in [1.807, 2.05) is 37.6 Å². The molecule has 0 unspecified atom stereocenters. The Kier molecular flexibility index (Phi) is 11.1. The van der Waals surface area contributed by atoms with Gasteiger partial charge in [-0.25, -0.2) is 0 Å². The third-order valence-corrected chi connectivity index (χ3v) is 7.40. The quantitative estimate of drug-likeness (QED) is 0.471. The third-order valence-electron chi connectivity index (χ3n) is 6.76. The number of aryl methyl sites for hydroxylation is 2. The normalized spacial score (nSPS) is 17.2. The Hall–Kier alpha value is -3.93. The molecule has 0 radical (unpaired) electrons. The fourth-order valence-corrected chi connectivity index (χ4v) is 4.97. The van der Waals surface area contributed by atoms with E-state index in [-0.39, 0.29) is 24.1 Å². The van der Waals surface area contributed by atoms with Crippen LogP contribution in [0.5, 0.6) is 5.75 Å². The Morgan fingerprint density at radius 2 is 2.07 bits per heavy atom. The molecular formula is C29H37N7O4S. The molecule has 1 aromatic carbocycles. The lowest BCUT2D eigenvalue weighted by Crippen LogP contribution is -2.47. The van der Waals surface area contributed by atoms with Crippen LogP contribution in [0.2, 0.25) is 0 Å². The van der Waals surface area contributed by atoms with Crippen LogP contribution in [0.4, 0.5) is 0 Å². The van der Waals surface area contributed by atoms with Crippen LogP contribution in [0, 0.1) is 6.92 Å². The predicted molar refractivity (Wildman–Crippen MR) is 157 cm³/mol. The molecular weight excluding hydrogens is 542 g/mol. The molecule has 12 heteroatoms. The van der Waals surface area contributed by atoms with Crippen molar-refractivity contribution in [1.82, 2.24) is 35.5 Å². The summed E-state index contributed by atoms with van der Waals surface area (Å²) in [6.45, 7) is 3.97. The molecule has 2 aromatic heterocycles. The van der Waals surface area contributed by atoms with Crippen LogP contribution in [0.1, 0.15) is 46.4 Å². The molecule has 1 aliphatic heterocycles. The second-order valence-electron chi connectivity index (χ2n) is 9.96. The number of carbonyl (C=O) groups is 3. The third kappa shape index (κ3) is 9.04. The largest absolute Gasteiger partial charge is 0.494 e. The SMILES string of the molecule is CSCC[C@@H]1NC(=O)c2cc(ccc2C)OCCCn2cc(nn2)CN(C(=O)Cc2cccnc2)CCCNC1=O. The first kappa shape index (κ1) is 30.0. The zero-order chi connectivity index (χ0) is 29.0. The van der Waals surface area contributed by atoms with E-state index in [1.54, 1.807) is 45.9 Å². The molecule has 3 aromatic rings. The Bertz CT molecular complexity index is 1320. The van der Waals surface area contributed by atoms with E-state index >= 15 is 0 Å². The molecule has 1 aliphatic rings. The van der Waals surface area contributed by atoms with Crippen molar-refractivity contribution in [1.29, 1.82) is 0 Å². The van der Waals surface area contributed by atoms with Crippen molar-refractivity contribution in [3.8, 4) is 5.75 Å². The van der Waals surface area contributed by atoms with E-state index in [4.69, 9.17) is 4.74 Å². The molecule has 0 fully saturated rings. The fraction of sp³-hybridized carbons (Fsp3) is 0.448. The average molecular weight is 580 g/mol. The number of hydrogen-bond acceptors (Lipinski definition) is 8. The van der Waals surface area contributed by atoms with Crippen molar-refractivity contribution in [3.63, 3.8) is 0 Å². The van der Waals surface area contributed by atoms with Crippen LogP contribution < -0.4 is 15.4 Å². The van der Waals surface area contributed by atoms with Gasteiger partial charge in [0.25, 0.3) is 5.91 Å². The maximum atomic E-state index is 13.2. The summed E-state index contributed by atoms with van der Waals surface area (Å²) in [4.78, 5) is 45.4. The maximum absolute atomic E-state index is 13.2. The van der Waals surface area contributed by atoms with Crippen LogP contribution in [0.15, 0.2) is 48.9 Å². The van der Waals surface area contributed by atoms with Crippen LogP contribution in [-0.4, -0.2) is 80.3 Å². The van der Waals surface area contributed by atoms with Gasteiger partial charge in [0.2, 0.25) is 11.8 Å². The van der Waals surface area contributed by atoms with Crippen molar-refractivity contribution < 1.29 is 19.1 Å². The first-order valence-corrected chi connectivity index (χ1v) is 15.2. The van der Waals surface area contributed by atoms with E-state index in [1.165, 1.54) is 0 Å². The molecule has 218 valence electrons. The molecule has 1 atom stereocenters. The van der Waals surface area contributed by atoms with E-state index in [0.29, 0.717) is 69.1 Å². The first-order valence-electron chi connectivity index (χ1n) is 13.8. The molecule has 0 aliphatic carbocycles. The number of pyridine rings is 1. The molecule has 3 amide bonds. The van der Waals surface area contributed by atoms with Gasteiger partial charge in [0.15, 0.2) is 0 Å². The lowest BCUT2D eigenvalue weighted by atomic mass is 10.1. The van der Waals surface area contributed by atoms with Gasteiger partial charge in [0, 0.05) is 44.0 Å². The summed E-state index contributed by atoms with van der Waals surface area (Å²) in [7, 11) is 0. The molecule has 41 heavy (non-hydrogen) atoms. The number of thioether (sulfide) groups is 1. The Morgan fingerprint density at radius 3 is 2.88 bits per heavy atom. The summed E-state index contributed by atoms with van der Waals surface area (Å²) in [6.07, 6.45) is 9.10. The number of ether oxygens (including phenoxy) is 1. The number of nitrogens with one attached hydrogen (secondary N) is 2. The number of benzene rings is 1. The van der Waals surface area contributed by atoms with Gasteiger partial charge in [0.1, 0.15) is 17.5 Å². The minimum absolute atomic E-state index is 0.0592. The molecule has 4 bridgehead atoms. The van der Waals surface area contributed by atoms with E-state index in [9.17, 15) is 14.4 Å².